The Morgan fingerprint density at radius 3 is 3.17 bits per heavy atom. The predicted octanol–water partition coefficient (Wildman–Crippen LogP) is 1.21. The van der Waals surface area contributed by atoms with Gasteiger partial charge in [0, 0.05) is 32.6 Å². The van der Waals surface area contributed by atoms with Gasteiger partial charge >= 0.3 is 0 Å². The molecule has 0 spiro atoms. The topological polar surface area (TPSA) is 74.0 Å². The second-order valence-electron chi connectivity index (χ2n) is 6.24. The molecule has 2 aromatic heterocycles. The van der Waals surface area contributed by atoms with Crippen LogP contribution in [0.3, 0.4) is 0 Å². The van der Waals surface area contributed by atoms with Crippen molar-refractivity contribution in [3.63, 3.8) is 0 Å². The van der Waals surface area contributed by atoms with E-state index >= 15 is 0 Å². The Morgan fingerprint density at radius 2 is 2.35 bits per heavy atom. The fraction of sp³-hybridized carbons (Fsp3) is 0.562. The highest BCUT2D eigenvalue weighted by Crippen LogP contribution is 2.28. The summed E-state index contributed by atoms with van der Waals surface area (Å²) in [6, 6.07) is -0.0530. The molecule has 7 nitrogen and oxygen atoms in total. The molecule has 23 heavy (non-hydrogen) atoms. The maximum absolute atomic E-state index is 12.7. The number of imidazole rings is 1. The van der Waals surface area contributed by atoms with Crippen LogP contribution in [0.25, 0.3) is 0 Å². The van der Waals surface area contributed by atoms with Gasteiger partial charge in [0.25, 0.3) is 5.91 Å². The lowest BCUT2D eigenvalue weighted by molar-refractivity contribution is 0.0778. The normalized spacial score (nSPS) is 23.7. The zero-order chi connectivity index (χ0) is 15.8. The zero-order valence-corrected chi connectivity index (χ0v) is 13.2. The summed E-state index contributed by atoms with van der Waals surface area (Å²) in [6.07, 6.45) is 9.13. The van der Waals surface area contributed by atoms with Crippen LogP contribution in [-0.4, -0.2) is 37.9 Å². The van der Waals surface area contributed by atoms with Crippen LogP contribution in [0.4, 0.5) is 0 Å². The number of carbonyl (C=O) groups is 1. The average Bonchev–Trinajstić information content (AvgIpc) is 3.26. The molecule has 1 N–H and O–H groups in total. The molecule has 0 bridgehead atoms. The highest BCUT2D eigenvalue weighted by Gasteiger charge is 2.34. The molecule has 0 unspecified atom stereocenters. The van der Waals surface area contributed by atoms with Gasteiger partial charge in [-0.15, -0.1) is 0 Å². The van der Waals surface area contributed by atoms with Gasteiger partial charge in [0.15, 0.2) is 0 Å². The van der Waals surface area contributed by atoms with Crippen molar-refractivity contribution in [3.8, 4) is 0 Å². The number of hydrogen-bond donors (Lipinski definition) is 1. The molecule has 2 aliphatic rings. The minimum atomic E-state index is -0.189. The van der Waals surface area contributed by atoms with E-state index in [9.17, 15) is 4.79 Å². The van der Waals surface area contributed by atoms with E-state index in [1.807, 2.05) is 22.5 Å². The highest BCUT2D eigenvalue weighted by molar-refractivity contribution is 5.95. The molecule has 0 aromatic carbocycles. The van der Waals surface area contributed by atoms with E-state index in [4.69, 9.17) is 4.74 Å². The fourth-order valence-electron chi connectivity index (χ4n) is 3.50. The molecule has 7 heteroatoms. The van der Waals surface area contributed by atoms with Gasteiger partial charge in [-0.2, -0.15) is 5.10 Å². The highest BCUT2D eigenvalue weighted by atomic mass is 16.5. The van der Waals surface area contributed by atoms with Crippen molar-refractivity contribution in [2.45, 2.75) is 44.4 Å². The number of nitrogens with zero attached hydrogens (tertiary/aromatic N) is 4. The van der Waals surface area contributed by atoms with Crippen LogP contribution >= 0.6 is 0 Å². The van der Waals surface area contributed by atoms with Gasteiger partial charge in [-0.3, -0.25) is 9.48 Å². The lowest BCUT2D eigenvalue weighted by atomic mass is 10.1. The average molecular weight is 315 g/mol. The van der Waals surface area contributed by atoms with Crippen LogP contribution in [0.5, 0.6) is 0 Å². The Kier molecular flexibility index (Phi) is 3.65. The van der Waals surface area contributed by atoms with Crippen LogP contribution in [-0.2, 0) is 24.8 Å². The number of rotatable bonds is 3. The minimum Gasteiger partial charge on any atom is -0.368 e. The Morgan fingerprint density at radius 1 is 1.43 bits per heavy atom. The van der Waals surface area contributed by atoms with E-state index in [2.05, 4.69) is 15.4 Å². The van der Waals surface area contributed by atoms with Gasteiger partial charge in [-0.25, -0.2) is 4.98 Å². The number of fused-ring (bicyclic) bond motifs is 1. The fourth-order valence-corrected chi connectivity index (χ4v) is 3.50. The molecular formula is C16H21N5O2. The molecular weight excluding hydrogens is 294 g/mol. The van der Waals surface area contributed by atoms with Gasteiger partial charge in [0.2, 0.25) is 0 Å². The van der Waals surface area contributed by atoms with E-state index < -0.39 is 0 Å². The first-order valence-electron chi connectivity index (χ1n) is 8.18. The Labute approximate surface area is 134 Å². The molecule has 0 saturated carbocycles. The summed E-state index contributed by atoms with van der Waals surface area (Å²) in [5.74, 6) is 0.799. The third-order valence-electron chi connectivity index (χ3n) is 4.75. The minimum absolute atomic E-state index is 0.0529. The van der Waals surface area contributed by atoms with Crippen LogP contribution < -0.4 is 5.32 Å². The molecule has 2 aliphatic heterocycles. The molecule has 122 valence electrons. The second-order valence-corrected chi connectivity index (χ2v) is 6.24. The quantitative estimate of drug-likeness (QED) is 0.924. The van der Waals surface area contributed by atoms with Crippen LogP contribution in [0.2, 0.25) is 0 Å². The van der Waals surface area contributed by atoms with Gasteiger partial charge in [0.1, 0.15) is 11.9 Å². The SMILES string of the molecule is Cn1ccnc1[C@H]1OCC[C@@H]1NC(=O)c1cnn2c1CCCC2. The molecule has 2 atom stereocenters. The standard InChI is InChI=1S/C16H21N5O2/c1-20-8-6-17-15(20)14-12(5-9-23-14)19-16(22)11-10-18-21-7-3-2-4-13(11)21/h6,8,10,12,14H,2-5,7,9H2,1H3,(H,19,22)/t12-,14-/m0/s1. The molecule has 4 heterocycles. The maximum Gasteiger partial charge on any atom is 0.255 e. The Bertz CT molecular complexity index is 720. The molecule has 0 radical (unpaired) electrons. The number of carbonyl (C=O) groups excluding carboxylic acids is 1. The van der Waals surface area contributed by atoms with Gasteiger partial charge in [-0.1, -0.05) is 0 Å². The summed E-state index contributed by atoms with van der Waals surface area (Å²) in [4.78, 5) is 17.0. The van der Waals surface area contributed by atoms with E-state index in [1.54, 1.807) is 12.4 Å². The number of ether oxygens (including phenoxy) is 1. The summed E-state index contributed by atoms with van der Waals surface area (Å²) in [6.45, 7) is 1.54. The van der Waals surface area contributed by atoms with E-state index in [1.165, 1.54) is 0 Å². The first-order valence-corrected chi connectivity index (χ1v) is 8.18. The lowest BCUT2D eigenvalue weighted by Crippen LogP contribution is -2.38. The van der Waals surface area contributed by atoms with Crippen molar-refractivity contribution in [2.75, 3.05) is 6.61 Å². The van der Waals surface area contributed by atoms with E-state index in [0.717, 1.165) is 43.7 Å². The Balaban J connectivity index is 1.52. The largest absolute Gasteiger partial charge is 0.368 e. The number of nitrogens with one attached hydrogen (secondary N) is 1. The zero-order valence-electron chi connectivity index (χ0n) is 13.2. The molecule has 1 saturated heterocycles. The molecule has 2 aromatic rings. The van der Waals surface area contributed by atoms with Gasteiger partial charge < -0.3 is 14.6 Å². The summed E-state index contributed by atoms with van der Waals surface area (Å²) >= 11 is 0. The molecule has 1 fully saturated rings. The van der Waals surface area contributed by atoms with Crippen molar-refractivity contribution in [1.29, 1.82) is 0 Å². The summed E-state index contributed by atoms with van der Waals surface area (Å²) in [5.41, 5.74) is 1.76. The van der Waals surface area contributed by atoms with Crippen LogP contribution in [0, 0.1) is 0 Å². The summed E-state index contributed by atoms with van der Waals surface area (Å²) in [7, 11) is 1.94. The molecule has 1 amide bonds. The third-order valence-corrected chi connectivity index (χ3v) is 4.75. The first-order chi connectivity index (χ1) is 11.2. The lowest BCUT2D eigenvalue weighted by Gasteiger charge is -2.20. The summed E-state index contributed by atoms with van der Waals surface area (Å²) < 4.78 is 9.70. The van der Waals surface area contributed by atoms with Crippen molar-refractivity contribution in [3.05, 3.63) is 35.7 Å². The maximum atomic E-state index is 12.7. The molecule has 4 rings (SSSR count). The smallest absolute Gasteiger partial charge is 0.255 e. The summed E-state index contributed by atoms with van der Waals surface area (Å²) in [5, 5.41) is 7.47. The van der Waals surface area contributed by atoms with Crippen molar-refractivity contribution in [2.24, 2.45) is 7.05 Å². The number of aryl methyl sites for hydroxylation is 2. The number of hydrogen-bond acceptors (Lipinski definition) is 4. The Hall–Kier alpha value is -2.15. The van der Waals surface area contributed by atoms with E-state index in [0.29, 0.717) is 12.2 Å². The van der Waals surface area contributed by atoms with Crippen LogP contribution in [0.15, 0.2) is 18.6 Å². The second kappa shape index (κ2) is 5.81. The molecule has 0 aliphatic carbocycles. The van der Waals surface area contributed by atoms with Crippen molar-refractivity contribution < 1.29 is 9.53 Å². The van der Waals surface area contributed by atoms with Crippen LogP contribution in [0.1, 0.15) is 47.2 Å². The predicted molar refractivity (Wildman–Crippen MR) is 82.9 cm³/mol. The number of aromatic nitrogens is 4. The first kappa shape index (κ1) is 14.4. The van der Waals surface area contributed by atoms with Gasteiger partial charge in [0.05, 0.1) is 23.5 Å². The number of amides is 1. The van der Waals surface area contributed by atoms with E-state index in [-0.39, 0.29) is 18.1 Å². The third kappa shape index (κ3) is 2.55. The van der Waals surface area contributed by atoms with Crippen molar-refractivity contribution >= 4 is 5.91 Å². The monoisotopic (exact) mass is 315 g/mol. The van der Waals surface area contributed by atoms with Gasteiger partial charge in [-0.05, 0) is 25.7 Å². The van der Waals surface area contributed by atoms with Crippen molar-refractivity contribution in [1.82, 2.24) is 24.6 Å².